The van der Waals surface area contributed by atoms with Gasteiger partial charge in [0.25, 0.3) is 0 Å². The predicted octanol–water partition coefficient (Wildman–Crippen LogP) is 2.43. The van der Waals surface area contributed by atoms with Gasteiger partial charge in [0, 0.05) is 26.2 Å². The van der Waals surface area contributed by atoms with Gasteiger partial charge >= 0.3 is 0 Å². The molecule has 0 aliphatic carbocycles. The summed E-state index contributed by atoms with van der Waals surface area (Å²) < 4.78 is 0. The summed E-state index contributed by atoms with van der Waals surface area (Å²) in [6, 6.07) is 4.05. The number of anilines is 2. The Balaban J connectivity index is 2.48. The largest absolute Gasteiger partial charge is 0.370 e. The Bertz CT molecular complexity index is 385. The van der Waals surface area contributed by atoms with E-state index in [2.05, 4.69) is 28.3 Å². The van der Waals surface area contributed by atoms with Gasteiger partial charge in [0.2, 0.25) is 0 Å². The molecule has 0 radical (unpaired) electrons. The van der Waals surface area contributed by atoms with Crippen molar-refractivity contribution in [2.45, 2.75) is 32.6 Å². The fraction of sp³-hybridized carbons (Fsp3) is 0.615. The number of hydrogen-bond acceptors (Lipinski definition) is 5. The van der Waals surface area contributed by atoms with E-state index in [0.717, 1.165) is 24.6 Å². The van der Waals surface area contributed by atoms with Crippen LogP contribution in [-0.4, -0.2) is 30.1 Å². The predicted molar refractivity (Wildman–Crippen MR) is 73.5 cm³/mol. The Morgan fingerprint density at radius 1 is 1.39 bits per heavy atom. The summed E-state index contributed by atoms with van der Waals surface area (Å²) in [5.74, 6) is 1.69. The van der Waals surface area contributed by atoms with Crippen LogP contribution in [0.2, 0.25) is 0 Å². The van der Waals surface area contributed by atoms with E-state index in [1.807, 2.05) is 18.0 Å². The van der Waals surface area contributed by atoms with Crippen LogP contribution in [0.15, 0.2) is 12.4 Å². The Kier molecular flexibility index (Phi) is 6.55. The highest BCUT2D eigenvalue weighted by Gasteiger charge is 2.03. The molecule has 1 rings (SSSR count). The highest BCUT2D eigenvalue weighted by atomic mass is 15.2. The van der Waals surface area contributed by atoms with E-state index < -0.39 is 0 Å². The molecule has 0 amide bonds. The quantitative estimate of drug-likeness (QED) is 0.715. The molecule has 18 heavy (non-hydrogen) atoms. The highest BCUT2D eigenvalue weighted by Crippen LogP contribution is 2.12. The second-order valence-electron chi connectivity index (χ2n) is 4.22. The lowest BCUT2D eigenvalue weighted by Crippen LogP contribution is -2.19. The normalized spacial score (nSPS) is 9.83. The topological polar surface area (TPSA) is 64.8 Å². The molecule has 0 aromatic carbocycles. The van der Waals surface area contributed by atoms with Gasteiger partial charge < -0.3 is 10.2 Å². The molecule has 0 unspecified atom stereocenters. The minimum Gasteiger partial charge on any atom is -0.370 e. The number of nitrogens with zero attached hydrogens (tertiary/aromatic N) is 4. The number of hydrogen-bond donors (Lipinski definition) is 1. The van der Waals surface area contributed by atoms with Crippen LogP contribution in [0.1, 0.15) is 32.6 Å². The third-order valence-electron chi connectivity index (χ3n) is 2.69. The molecule has 1 heterocycles. The first kappa shape index (κ1) is 14.2. The average Bonchev–Trinajstić information content (AvgIpc) is 2.41. The van der Waals surface area contributed by atoms with E-state index in [-0.39, 0.29) is 0 Å². The van der Waals surface area contributed by atoms with E-state index in [9.17, 15) is 0 Å². The molecule has 5 heteroatoms. The van der Waals surface area contributed by atoms with Crippen molar-refractivity contribution in [3.63, 3.8) is 0 Å². The molecule has 5 nitrogen and oxygen atoms in total. The van der Waals surface area contributed by atoms with E-state index >= 15 is 0 Å². The summed E-state index contributed by atoms with van der Waals surface area (Å²) in [5, 5.41) is 11.8. The lowest BCUT2D eigenvalue weighted by Gasteiger charge is -2.16. The van der Waals surface area contributed by atoms with Crippen molar-refractivity contribution in [2.75, 3.05) is 30.4 Å². The standard InChI is InChI=1S/C13H21N5/c1-3-4-5-8-15-12-10-13(17-11-16-12)18(2)9-6-7-14/h10-11H,3-6,8-9H2,1-2H3,(H,15,16,17). The van der Waals surface area contributed by atoms with E-state index in [0.29, 0.717) is 13.0 Å². The lowest BCUT2D eigenvalue weighted by molar-refractivity contribution is 0.742. The molecule has 0 atom stereocenters. The van der Waals surface area contributed by atoms with Gasteiger partial charge in [-0.15, -0.1) is 0 Å². The first-order valence-electron chi connectivity index (χ1n) is 6.42. The Hall–Kier alpha value is -1.83. The zero-order valence-corrected chi connectivity index (χ0v) is 11.2. The highest BCUT2D eigenvalue weighted by molar-refractivity contribution is 5.47. The van der Waals surface area contributed by atoms with Crippen molar-refractivity contribution in [1.82, 2.24) is 9.97 Å². The molecule has 0 saturated carbocycles. The molecule has 0 aliphatic rings. The van der Waals surface area contributed by atoms with Crippen molar-refractivity contribution in [3.8, 4) is 6.07 Å². The van der Waals surface area contributed by atoms with Crippen LogP contribution in [0, 0.1) is 11.3 Å². The van der Waals surface area contributed by atoms with Gasteiger partial charge in [-0.1, -0.05) is 19.8 Å². The summed E-state index contributed by atoms with van der Waals surface area (Å²) in [7, 11) is 1.93. The molecule has 0 bridgehead atoms. The maximum atomic E-state index is 8.56. The van der Waals surface area contributed by atoms with E-state index in [1.165, 1.54) is 12.8 Å². The van der Waals surface area contributed by atoms with Gasteiger partial charge in [0.05, 0.1) is 12.5 Å². The number of unbranched alkanes of at least 4 members (excludes halogenated alkanes) is 2. The second-order valence-corrected chi connectivity index (χ2v) is 4.22. The Labute approximate surface area is 109 Å². The van der Waals surface area contributed by atoms with Crippen LogP contribution in [-0.2, 0) is 0 Å². The minimum atomic E-state index is 0.500. The van der Waals surface area contributed by atoms with Gasteiger partial charge in [0.1, 0.15) is 18.0 Å². The molecule has 0 spiro atoms. The summed E-state index contributed by atoms with van der Waals surface area (Å²) in [6.07, 6.45) is 5.65. The summed E-state index contributed by atoms with van der Waals surface area (Å²) in [4.78, 5) is 10.3. The molecule has 1 aromatic heterocycles. The van der Waals surface area contributed by atoms with Gasteiger partial charge in [-0.05, 0) is 6.42 Å². The monoisotopic (exact) mass is 247 g/mol. The van der Waals surface area contributed by atoms with Crippen LogP contribution in [0.4, 0.5) is 11.6 Å². The van der Waals surface area contributed by atoms with Crippen molar-refractivity contribution < 1.29 is 0 Å². The molecule has 1 N–H and O–H groups in total. The smallest absolute Gasteiger partial charge is 0.133 e. The fourth-order valence-corrected chi connectivity index (χ4v) is 1.58. The van der Waals surface area contributed by atoms with Gasteiger partial charge in [0.15, 0.2) is 0 Å². The average molecular weight is 247 g/mol. The van der Waals surface area contributed by atoms with Crippen LogP contribution in [0.25, 0.3) is 0 Å². The molecule has 98 valence electrons. The molecule has 0 saturated heterocycles. The van der Waals surface area contributed by atoms with Crippen LogP contribution in [0.3, 0.4) is 0 Å². The summed E-state index contributed by atoms with van der Waals surface area (Å²) in [5.41, 5.74) is 0. The number of nitriles is 1. The van der Waals surface area contributed by atoms with Crippen LogP contribution < -0.4 is 10.2 Å². The zero-order valence-electron chi connectivity index (χ0n) is 11.2. The molecular formula is C13H21N5. The SMILES string of the molecule is CCCCCNc1cc(N(C)CCC#N)ncn1. The van der Waals surface area contributed by atoms with Gasteiger partial charge in [-0.3, -0.25) is 0 Å². The summed E-state index contributed by atoms with van der Waals surface area (Å²) >= 11 is 0. The Morgan fingerprint density at radius 3 is 2.94 bits per heavy atom. The number of aromatic nitrogens is 2. The first-order valence-corrected chi connectivity index (χ1v) is 6.42. The maximum absolute atomic E-state index is 8.56. The zero-order chi connectivity index (χ0) is 13.2. The molecule has 1 aromatic rings. The fourth-order valence-electron chi connectivity index (χ4n) is 1.58. The molecule has 0 fully saturated rings. The van der Waals surface area contributed by atoms with Gasteiger partial charge in [-0.25, -0.2) is 9.97 Å². The van der Waals surface area contributed by atoms with E-state index in [1.54, 1.807) is 6.33 Å². The van der Waals surface area contributed by atoms with E-state index in [4.69, 9.17) is 5.26 Å². The maximum Gasteiger partial charge on any atom is 0.133 e. The molecule has 0 aliphatic heterocycles. The van der Waals surface area contributed by atoms with Crippen molar-refractivity contribution in [2.24, 2.45) is 0 Å². The summed E-state index contributed by atoms with van der Waals surface area (Å²) in [6.45, 7) is 3.81. The minimum absolute atomic E-state index is 0.500. The van der Waals surface area contributed by atoms with Crippen LogP contribution >= 0.6 is 0 Å². The van der Waals surface area contributed by atoms with Crippen molar-refractivity contribution >= 4 is 11.6 Å². The number of nitrogens with one attached hydrogen (secondary N) is 1. The number of rotatable bonds is 8. The molecular weight excluding hydrogens is 226 g/mol. The third kappa shape index (κ3) is 5.00. The first-order chi connectivity index (χ1) is 8.77. The van der Waals surface area contributed by atoms with Crippen molar-refractivity contribution in [3.05, 3.63) is 12.4 Å². The van der Waals surface area contributed by atoms with Gasteiger partial charge in [-0.2, -0.15) is 5.26 Å². The van der Waals surface area contributed by atoms with Crippen LogP contribution in [0.5, 0.6) is 0 Å². The van der Waals surface area contributed by atoms with Crippen molar-refractivity contribution in [1.29, 1.82) is 5.26 Å². The Morgan fingerprint density at radius 2 is 2.22 bits per heavy atom. The second kappa shape index (κ2) is 8.29. The third-order valence-corrected chi connectivity index (χ3v) is 2.69. The lowest BCUT2D eigenvalue weighted by atomic mass is 10.2.